The molecule has 1 rings (SSSR count). The molecule has 0 saturated heterocycles. The van der Waals surface area contributed by atoms with Crippen LogP contribution in [-0.2, 0) is 14.2 Å². The minimum Gasteiger partial charge on any atom is -0.359 e. The summed E-state index contributed by atoms with van der Waals surface area (Å²) in [7, 11) is -0.421. The largest absolute Gasteiger partial charge is 0.359 e. The summed E-state index contributed by atoms with van der Waals surface area (Å²) in [5, 5.41) is 2.03. The van der Waals surface area contributed by atoms with E-state index in [-0.39, 0.29) is 5.92 Å². The summed E-state index contributed by atoms with van der Waals surface area (Å²) in [5.74, 6) is -0.432. The van der Waals surface area contributed by atoms with Gasteiger partial charge in [0.05, 0.1) is 5.41 Å². The fourth-order valence-corrected chi connectivity index (χ4v) is 1.65. The second kappa shape index (κ2) is 5.89. The second-order valence-corrected chi connectivity index (χ2v) is 4.79. The topological polar surface area (TPSA) is 55.4 Å². The molecule has 5 heteroatoms. The lowest BCUT2D eigenvalue weighted by molar-refractivity contribution is -0.158. The molecule has 0 saturated carbocycles. The van der Waals surface area contributed by atoms with Crippen molar-refractivity contribution in [2.75, 3.05) is 0 Å². The van der Waals surface area contributed by atoms with Crippen LogP contribution in [0, 0.1) is 5.41 Å². The molecule has 1 unspecified atom stereocenters. The third-order valence-corrected chi connectivity index (χ3v) is 3.25. The van der Waals surface area contributed by atoms with Crippen LogP contribution in [0.15, 0.2) is 30.3 Å². The summed E-state index contributed by atoms with van der Waals surface area (Å²) >= 11 is 0. The monoisotopic (exact) mass is 253 g/mol. The van der Waals surface area contributed by atoms with Crippen molar-refractivity contribution in [3.63, 3.8) is 0 Å². The van der Waals surface area contributed by atoms with Gasteiger partial charge in [-0.05, 0) is 25.3 Å². The number of nitrogens with one attached hydrogen (secondary N) is 1. The van der Waals surface area contributed by atoms with E-state index < -0.39 is 20.0 Å². The molecular weight excluding hydrogens is 237 g/mol. The fraction of sp³-hybridized carbons (Fsp3) is 0.417. The first kappa shape index (κ1) is 13.8. The zero-order valence-corrected chi connectivity index (χ0v) is 11.0. The van der Waals surface area contributed by atoms with Crippen molar-refractivity contribution >= 4 is 14.6 Å². The molecule has 0 heterocycles. The number of hydrogen-bond acceptors (Lipinski definition) is 3. The van der Waals surface area contributed by atoms with Gasteiger partial charge in [-0.15, -0.1) is 0 Å². The van der Waals surface area contributed by atoms with Gasteiger partial charge >= 0.3 is 5.97 Å². The highest BCUT2D eigenvalue weighted by molar-refractivity contribution is 7.20. The molecule has 4 nitrogen and oxygen atoms in total. The molecule has 1 aromatic carbocycles. The molecule has 0 amide bonds. The maximum absolute atomic E-state index is 11.8. The molecule has 0 bridgehead atoms. The lowest BCUT2D eigenvalue weighted by Crippen LogP contribution is -2.33. The van der Waals surface area contributed by atoms with Gasteiger partial charge in [0.15, 0.2) is 0 Å². The summed E-state index contributed by atoms with van der Waals surface area (Å²) in [4.78, 5) is 16.5. The Morgan fingerprint density at radius 3 is 2.47 bits per heavy atom. The van der Waals surface area contributed by atoms with Gasteiger partial charge in [-0.25, -0.2) is 4.79 Å². The molecule has 0 fully saturated rings. The molecule has 92 valence electrons. The standard InChI is InChI=1S/C12H16NO3P/c1-9(10-7-5-4-6-8-10)12(2,3)11(14)16-13-17-15/h4-9H,1-3H3,(H,13,15). The molecule has 1 N–H and O–H groups in total. The Balaban J connectivity index is 2.82. The Hall–Kier alpha value is -1.25. The van der Waals surface area contributed by atoms with Crippen molar-refractivity contribution in [1.29, 1.82) is 0 Å². The van der Waals surface area contributed by atoms with Gasteiger partial charge in [-0.3, -0.25) is 4.57 Å². The van der Waals surface area contributed by atoms with Crippen molar-refractivity contribution in [1.82, 2.24) is 5.25 Å². The van der Waals surface area contributed by atoms with Crippen LogP contribution in [0.5, 0.6) is 0 Å². The number of rotatable bonds is 5. The highest BCUT2D eigenvalue weighted by atomic mass is 31.1. The van der Waals surface area contributed by atoms with Gasteiger partial charge in [-0.1, -0.05) is 42.5 Å². The molecule has 17 heavy (non-hydrogen) atoms. The lowest BCUT2D eigenvalue weighted by Gasteiger charge is -2.28. The zero-order chi connectivity index (χ0) is 12.9. The fourth-order valence-electron chi connectivity index (χ4n) is 1.53. The normalized spacial score (nSPS) is 13.4. The lowest BCUT2D eigenvalue weighted by atomic mass is 9.76. The Bertz CT molecular complexity index is 392. The van der Waals surface area contributed by atoms with Crippen molar-refractivity contribution in [2.45, 2.75) is 26.7 Å². The van der Waals surface area contributed by atoms with E-state index in [4.69, 9.17) is 0 Å². The van der Waals surface area contributed by atoms with Crippen molar-refractivity contribution < 1.29 is 14.2 Å². The SMILES string of the molecule is CC(c1ccccc1)C(C)(C)C(=O)ONP=O. The number of carbonyl (C=O) groups is 1. The van der Waals surface area contributed by atoms with Crippen molar-refractivity contribution in [3.05, 3.63) is 35.9 Å². The first-order chi connectivity index (χ1) is 8.00. The van der Waals surface area contributed by atoms with Crippen LogP contribution in [0.1, 0.15) is 32.3 Å². The van der Waals surface area contributed by atoms with Gasteiger partial charge in [0.2, 0.25) is 0 Å². The zero-order valence-electron chi connectivity index (χ0n) is 10.1. The van der Waals surface area contributed by atoms with Crippen molar-refractivity contribution in [3.8, 4) is 0 Å². The molecule has 1 aromatic rings. The molecule has 0 spiro atoms. The molecule has 1 atom stereocenters. The predicted molar refractivity (Wildman–Crippen MR) is 65.5 cm³/mol. The van der Waals surface area contributed by atoms with Crippen LogP contribution in [0.2, 0.25) is 0 Å². The van der Waals surface area contributed by atoms with Gasteiger partial charge in [0, 0.05) is 0 Å². The van der Waals surface area contributed by atoms with E-state index in [1.165, 1.54) is 0 Å². The number of hydrogen-bond donors (Lipinski definition) is 1. The Morgan fingerprint density at radius 1 is 1.35 bits per heavy atom. The Kier molecular flexibility index (Phi) is 4.79. The number of carbonyl (C=O) groups excluding carboxylic acids is 1. The van der Waals surface area contributed by atoms with E-state index in [1.807, 2.05) is 42.5 Å². The quantitative estimate of drug-likeness (QED) is 0.647. The molecule has 0 aliphatic heterocycles. The van der Waals surface area contributed by atoms with Crippen LogP contribution >= 0.6 is 8.61 Å². The van der Waals surface area contributed by atoms with Crippen LogP contribution in [0.3, 0.4) is 0 Å². The van der Waals surface area contributed by atoms with E-state index >= 15 is 0 Å². The van der Waals surface area contributed by atoms with E-state index in [1.54, 1.807) is 13.8 Å². The van der Waals surface area contributed by atoms with Crippen LogP contribution in [0.4, 0.5) is 0 Å². The molecule has 0 aliphatic carbocycles. The smallest absolute Gasteiger partial charge is 0.331 e. The van der Waals surface area contributed by atoms with Crippen LogP contribution < -0.4 is 5.25 Å². The second-order valence-electron chi connectivity index (χ2n) is 4.43. The average molecular weight is 253 g/mol. The molecular formula is C12H16NO3P. The third-order valence-electron chi connectivity index (χ3n) is 3.08. The van der Waals surface area contributed by atoms with Crippen LogP contribution in [-0.4, -0.2) is 5.97 Å². The first-order valence-electron chi connectivity index (χ1n) is 5.33. The van der Waals surface area contributed by atoms with Gasteiger partial charge in [-0.2, -0.15) is 0 Å². The Morgan fingerprint density at radius 2 is 1.94 bits per heavy atom. The average Bonchev–Trinajstić information content (AvgIpc) is 2.35. The molecule has 0 aliphatic rings. The van der Waals surface area contributed by atoms with E-state index in [9.17, 15) is 9.36 Å². The van der Waals surface area contributed by atoms with Gasteiger partial charge < -0.3 is 4.84 Å². The van der Waals surface area contributed by atoms with E-state index in [2.05, 4.69) is 4.84 Å². The molecule has 0 aromatic heterocycles. The minimum atomic E-state index is -0.695. The van der Waals surface area contributed by atoms with Gasteiger partial charge in [0.25, 0.3) is 8.61 Å². The maximum Gasteiger partial charge on any atom is 0.331 e. The summed E-state index contributed by atoms with van der Waals surface area (Å²) in [5.41, 5.74) is 0.369. The molecule has 0 radical (unpaired) electrons. The minimum absolute atomic E-state index is 0.00122. The summed E-state index contributed by atoms with van der Waals surface area (Å²) < 4.78 is 10.2. The first-order valence-corrected chi connectivity index (χ1v) is 6.15. The maximum atomic E-state index is 11.8. The summed E-state index contributed by atoms with van der Waals surface area (Å²) in [6, 6.07) is 9.74. The third kappa shape index (κ3) is 3.35. The number of benzene rings is 1. The highest BCUT2D eigenvalue weighted by Crippen LogP contribution is 2.35. The van der Waals surface area contributed by atoms with Crippen LogP contribution in [0.25, 0.3) is 0 Å². The van der Waals surface area contributed by atoms with E-state index in [0.717, 1.165) is 5.56 Å². The van der Waals surface area contributed by atoms with Crippen molar-refractivity contribution in [2.24, 2.45) is 5.41 Å². The summed E-state index contributed by atoms with van der Waals surface area (Å²) in [6.45, 7) is 5.57. The van der Waals surface area contributed by atoms with E-state index in [0.29, 0.717) is 0 Å². The predicted octanol–water partition coefficient (Wildman–Crippen LogP) is 3.07. The summed E-state index contributed by atoms with van der Waals surface area (Å²) in [6.07, 6.45) is 0. The van der Waals surface area contributed by atoms with Gasteiger partial charge in [0.1, 0.15) is 0 Å². The highest BCUT2D eigenvalue weighted by Gasteiger charge is 2.36. The Labute approximate surface area is 103 Å².